The smallest absolute Gasteiger partial charge is 0.374 e. The molecule has 0 N–H and O–H groups in total. The minimum Gasteiger partial charge on any atom is -0.497 e. The van der Waals surface area contributed by atoms with Crippen LogP contribution < -0.4 is 4.74 Å². The molecular formula is C26H27N3O5. The summed E-state index contributed by atoms with van der Waals surface area (Å²) >= 11 is 0. The van der Waals surface area contributed by atoms with Gasteiger partial charge in [0.05, 0.1) is 13.7 Å². The first-order chi connectivity index (χ1) is 16.4. The van der Waals surface area contributed by atoms with E-state index in [1.54, 1.807) is 36.3 Å². The summed E-state index contributed by atoms with van der Waals surface area (Å²) in [5.41, 5.74) is 3.57. The Morgan fingerprint density at radius 3 is 2.59 bits per heavy atom. The van der Waals surface area contributed by atoms with Crippen LogP contribution >= 0.6 is 0 Å². The lowest BCUT2D eigenvalue weighted by atomic mass is 10.1. The minimum atomic E-state index is -0.673. The molecule has 1 aromatic carbocycles. The molecule has 0 aliphatic rings. The number of benzene rings is 1. The van der Waals surface area contributed by atoms with Crippen molar-refractivity contribution in [2.24, 2.45) is 0 Å². The Labute approximate surface area is 197 Å². The van der Waals surface area contributed by atoms with Gasteiger partial charge < -0.3 is 18.5 Å². The number of methoxy groups -OCH3 is 1. The highest BCUT2D eigenvalue weighted by Gasteiger charge is 2.19. The van der Waals surface area contributed by atoms with Gasteiger partial charge in [0.1, 0.15) is 11.5 Å². The Balaban J connectivity index is 1.34. The minimum absolute atomic E-state index is 0.0555. The molecule has 0 fully saturated rings. The van der Waals surface area contributed by atoms with Gasteiger partial charge >= 0.3 is 5.97 Å². The van der Waals surface area contributed by atoms with E-state index in [-0.39, 0.29) is 18.2 Å². The van der Waals surface area contributed by atoms with Gasteiger partial charge in [-0.1, -0.05) is 12.1 Å². The van der Waals surface area contributed by atoms with Crippen molar-refractivity contribution >= 4 is 11.8 Å². The molecule has 4 aromatic rings. The number of esters is 1. The van der Waals surface area contributed by atoms with E-state index in [1.165, 1.54) is 11.6 Å². The van der Waals surface area contributed by atoms with E-state index in [2.05, 4.69) is 9.67 Å². The number of Topliss-reactive ketones (excluding diaryl/α,β-unsaturated/α-hetero) is 1. The van der Waals surface area contributed by atoms with Crippen molar-refractivity contribution in [2.45, 2.75) is 33.4 Å². The molecule has 4 rings (SSSR count). The molecular weight excluding hydrogens is 434 g/mol. The van der Waals surface area contributed by atoms with Crippen molar-refractivity contribution < 1.29 is 23.5 Å². The maximum Gasteiger partial charge on any atom is 0.374 e. The van der Waals surface area contributed by atoms with Gasteiger partial charge in [-0.05, 0) is 62.2 Å². The van der Waals surface area contributed by atoms with Crippen molar-refractivity contribution in [1.29, 1.82) is 0 Å². The molecule has 0 unspecified atom stereocenters. The van der Waals surface area contributed by atoms with Crippen LogP contribution in [0.25, 0.3) is 0 Å². The molecule has 34 heavy (non-hydrogen) atoms. The van der Waals surface area contributed by atoms with Gasteiger partial charge in [-0.15, -0.1) is 0 Å². The predicted molar refractivity (Wildman–Crippen MR) is 125 cm³/mol. The summed E-state index contributed by atoms with van der Waals surface area (Å²) in [5, 5.41) is 4.10. The first-order valence-electron chi connectivity index (χ1n) is 11.0. The number of furan rings is 1. The Hall–Kier alpha value is -4.07. The number of carbonyl (C=O) groups excluding carboxylic acids is 2. The number of ether oxygens (including phenoxy) is 2. The second-order valence-corrected chi connectivity index (χ2v) is 8.00. The first-order valence-corrected chi connectivity index (χ1v) is 11.0. The summed E-state index contributed by atoms with van der Waals surface area (Å²) in [7, 11) is 1.64. The topological polar surface area (TPSA) is 88.5 Å². The molecule has 0 bridgehead atoms. The van der Waals surface area contributed by atoms with Gasteiger partial charge in [0, 0.05) is 35.9 Å². The molecule has 8 heteroatoms. The fourth-order valence-corrected chi connectivity index (χ4v) is 3.87. The van der Waals surface area contributed by atoms with Crippen molar-refractivity contribution in [3.05, 3.63) is 95.0 Å². The van der Waals surface area contributed by atoms with Crippen LogP contribution in [0.1, 0.15) is 43.6 Å². The fourth-order valence-electron chi connectivity index (χ4n) is 3.87. The van der Waals surface area contributed by atoms with Crippen LogP contribution in [0.4, 0.5) is 0 Å². The van der Waals surface area contributed by atoms with E-state index in [1.807, 2.05) is 44.2 Å². The highest BCUT2D eigenvalue weighted by Crippen LogP contribution is 2.19. The highest BCUT2D eigenvalue weighted by atomic mass is 16.5. The molecule has 0 amide bonds. The second kappa shape index (κ2) is 10.2. The van der Waals surface area contributed by atoms with Gasteiger partial charge in [0.2, 0.25) is 11.5 Å². The predicted octanol–water partition coefficient (Wildman–Crippen LogP) is 4.23. The first kappa shape index (κ1) is 23.1. The number of hydrogen-bond donors (Lipinski definition) is 0. The monoisotopic (exact) mass is 461 g/mol. The van der Waals surface area contributed by atoms with E-state index in [0.717, 1.165) is 30.1 Å². The van der Waals surface area contributed by atoms with Gasteiger partial charge in [0.25, 0.3) is 0 Å². The van der Waals surface area contributed by atoms with Crippen LogP contribution in [0, 0.1) is 13.8 Å². The van der Waals surface area contributed by atoms with Crippen molar-refractivity contribution in [3.8, 4) is 5.75 Å². The normalized spacial score (nSPS) is 10.9. The number of ketones is 1. The standard InChI is InChI=1S/C26H27N3O5/c1-18-15-23(19(2)29(18)14-11-20-5-7-21(32-3)8-6-20)24(30)17-33-26(31)25-10-9-22(34-25)16-28-13-4-12-27-28/h4-10,12-13,15H,11,14,16-17H2,1-3H3. The number of carbonyl (C=O) groups is 2. The molecule has 3 aromatic heterocycles. The molecule has 8 nitrogen and oxygen atoms in total. The van der Waals surface area contributed by atoms with Crippen LogP contribution in [-0.4, -0.2) is 39.8 Å². The van der Waals surface area contributed by atoms with E-state index in [9.17, 15) is 9.59 Å². The Kier molecular flexibility index (Phi) is 6.96. The Bertz CT molecular complexity index is 1270. The number of hydrogen-bond acceptors (Lipinski definition) is 6. The molecule has 0 spiro atoms. The van der Waals surface area contributed by atoms with Crippen LogP contribution in [0.3, 0.4) is 0 Å². The van der Waals surface area contributed by atoms with Crippen molar-refractivity contribution in [1.82, 2.24) is 14.3 Å². The summed E-state index contributed by atoms with van der Waals surface area (Å²) in [4.78, 5) is 25.1. The average molecular weight is 462 g/mol. The van der Waals surface area contributed by atoms with Gasteiger partial charge in [-0.2, -0.15) is 5.10 Å². The van der Waals surface area contributed by atoms with E-state index < -0.39 is 5.97 Å². The largest absolute Gasteiger partial charge is 0.497 e. The quantitative estimate of drug-likeness (QED) is 0.259. The second-order valence-electron chi connectivity index (χ2n) is 8.00. The lowest BCUT2D eigenvalue weighted by Gasteiger charge is -2.10. The summed E-state index contributed by atoms with van der Waals surface area (Å²) in [6.45, 7) is 4.67. The zero-order valence-corrected chi connectivity index (χ0v) is 19.5. The zero-order valence-electron chi connectivity index (χ0n) is 19.5. The van der Waals surface area contributed by atoms with Crippen LogP contribution in [-0.2, 0) is 24.2 Å². The maximum atomic E-state index is 12.8. The summed E-state index contributed by atoms with van der Waals surface area (Å²) in [6, 6.07) is 14.8. The zero-order chi connectivity index (χ0) is 24.1. The Morgan fingerprint density at radius 2 is 1.88 bits per heavy atom. The van der Waals surface area contributed by atoms with E-state index in [0.29, 0.717) is 17.9 Å². The summed E-state index contributed by atoms with van der Waals surface area (Å²) in [6.07, 6.45) is 4.29. The molecule has 0 saturated carbocycles. The lowest BCUT2D eigenvalue weighted by molar-refractivity contribution is 0.0442. The molecule has 0 saturated heterocycles. The summed E-state index contributed by atoms with van der Waals surface area (Å²) < 4.78 is 19.7. The average Bonchev–Trinajstić information content (AvgIpc) is 3.59. The van der Waals surface area contributed by atoms with Gasteiger partial charge in [0.15, 0.2) is 6.61 Å². The number of aryl methyl sites for hydroxylation is 2. The maximum absolute atomic E-state index is 12.8. The number of nitrogens with zero attached hydrogens (tertiary/aromatic N) is 3. The number of aromatic nitrogens is 3. The van der Waals surface area contributed by atoms with Crippen molar-refractivity contribution in [3.63, 3.8) is 0 Å². The van der Waals surface area contributed by atoms with Crippen molar-refractivity contribution in [2.75, 3.05) is 13.7 Å². The fraction of sp³-hybridized carbons (Fsp3) is 0.269. The van der Waals surface area contributed by atoms with Crippen LogP contribution in [0.15, 0.2) is 65.3 Å². The third-order valence-corrected chi connectivity index (χ3v) is 5.73. The van der Waals surface area contributed by atoms with E-state index >= 15 is 0 Å². The summed E-state index contributed by atoms with van der Waals surface area (Å²) in [5.74, 6) is 0.527. The number of rotatable bonds is 10. The van der Waals surface area contributed by atoms with Crippen LogP contribution in [0.5, 0.6) is 5.75 Å². The molecule has 0 radical (unpaired) electrons. The molecule has 0 atom stereocenters. The highest BCUT2D eigenvalue weighted by molar-refractivity contribution is 6.00. The molecule has 176 valence electrons. The Morgan fingerprint density at radius 1 is 1.09 bits per heavy atom. The lowest BCUT2D eigenvalue weighted by Crippen LogP contribution is -2.15. The molecule has 0 aliphatic heterocycles. The van der Waals surface area contributed by atoms with E-state index in [4.69, 9.17) is 13.9 Å². The van der Waals surface area contributed by atoms with Crippen LogP contribution in [0.2, 0.25) is 0 Å². The molecule has 0 aliphatic carbocycles. The van der Waals surface area contributed by atoms with Gasteiger partial charge in [-0.25, -0.2) is 4.79 Å². The SMILES string of the molecule is COc1ccc(CCn2c(C)cc(C(=O)COC(=O)c3ccc(Cn4cccn4)o3)c2C)cc1. The van der Waals surface area contributed by atoms with Gasteiger partial charge in [-0.3, -0.25) is 9.48 Å². The third kappa shape index (κ3) is 5.28. The third-order valence-electron chi connectivity index (χ3n) is 5.73. The molecule has 3 heterocycles.